The molecule has 0 radical (unpaired) electrons. The lowest BCUT2D eigenvalue weighted by Gasteiger charge is -2.14. The van der Waals surface area contributed by atoms with Gasteiger partial charge in [0.05, 0.1) is 19.2 Å². The molecule has 20 heavy (non-hydrogen) atoms. The van der Waals surface area contributed by atoms with Gasteiger partial charge in [0.25, 0.3) is 0 Å². The van der Waals surface area contributed by atoms with Gasteiger partial charge in [0.15, 0.2) is 5.82 Å². The van der Waals surface area contributed by atoms with Crippen LogP contribution in [0, 0.1) is 0 Å². The average Bonchev–Trinajstić information content (AvgIpc) is 2.98. The van der Waals surface area contributed by atoms with Crippen LogP contribution >= 0.6 is 0 Å². The second-order valence-corrected chi connectivity index (χ2v) is 5.59. The molecule has 1 aromatic heterocycles. The predicted octanol–water partition coefficient (Wildman–Crippen LogP) is 0.194. The smallest absolute Gasteiger partial charge is 0.407 e. The number of alkyl carbamates (subject to hydrolysis) is 1. The first-order valence-electron chi connectivity index (χ1n) is 6.57. The van der Waals surface area contributed by atoms with E-state index in [1.807, 2.05) is 13.8 Å². The van der Waals surface area contributed by atoms with Gasteiger partial charge in [0.1, 0.15) is 0 Å². The van der Waals surface area contributed by atoms with Crippen molar-refractivity contribution in [2.75, 3.05) is 20.2 Å². The highest BCUT2D eigenvalue weighted by atomic mass is 16.5. The second-order valence-electron chi connectivity index (χ2n) is 5.59. The van der Waals surface area contributed by atoms with Gasteiger partial charge < -0.3 is 20.3 Å². The quantitative estimate of drug-likeness (QED) is 0.812. The fourth-order valence-corrected chi connectivity index (χ4v) is 2.09. The number of nitrogens with one attached hydrogen (secondary N) is 1. The van der Waals surface area contributed by atoms with Crippen LogP contribution in [0.25, 0.3) is 0 Å². The molecule has 8 heteroatoms. The first kappa shape index (κ1) is 14.7. The Labute approximate surface area is 117 Å². The van der Waals surface area contributed by atoms with E-state index in [4.69, 9.17) is 10.3 Å². The molecule has 2 heterocycles. The Morgan fingerprint density at radius 1 is 1.65 bits per heavy atom. The summed E-state index contributed by atoms with van der Waals surface area (Å²) in [6.45, 7) is 5.81. The van der Waals surface area contributed by atoms with Crippen LogP contribution in [0.1, 0.15) is 32.0 Å². The zero-order valence-corrected chi connectivity index (χ0v) is 12.0. The van der Waals surface area contributed by atoms with E-state index in [-0.39, 0.29) is 6.04 Å². The molecular weight excluding hydrogens is 262 g/mol. The number of hydrogen-bond acceptors (Lipinski definition) is 7. The molecule has 2 rings (SSSR count). The van der Waals surface area contributed by atoms with Crippen LogP contribution in [0.15, 0.2) is 4.52 Å². The minimum Gasteiger partial charge on any atom is -0.453 e. The molecule has 1 aromatic rings. The van der Waals surface area contributed by atoms with Crippen molar-refractivity contribution >= 4 is 6.09 Å². The number of likely N-dealkylation sites (tertiary alicyclic amines) is 1. The summed E-state index contributed by atoms with van der Waals surface area (Å²) in [6, 6.07) is 0.0933. The summed E-state index contributed by atoms with van der Waals surface area (Å²) in [6.07, 6.45) is 0.472. The van der Waals surface area contributed by atoms with Crippen LogP contribution in [0.5, 0.6) is 0 Å². The van der Waals surface area contributed by atoms with Gasteiger partial charge in [0.2, 0.25) is 5.89 Å². The van der Waals surface area contributed by atoms with Crippen molar-refractivity contribution in [3.63, 3.8) is 0 Å². The number of methoxy groups -OCH3 is 1. The average molecular weight is 283 g/mol. The fourth-order valence-electron chi connectivity index (χ4n) is 2.09. The molecule has 112 valence electrons. The van der Waals surface area contributed by atoms with Gasteiger partial charge in [-0.15, -0.1) is 0 Å². The first-order chi connectivity index (χ1) is 9.38. The van der Waals surface area contributed by atoms with E-state index in [9.17, 15) is 4.79 Å². The number of carbonyl (C=O) groups excluding carboxylic acids is 1. The SMILES string of the molecule is COC(=O)NC1CCN(Cc2nc(C(C)(C)N)no2)C1. The van der Waals surface area contributed by atoms with Crippen molar-refractivity contribution in [2.24, 2.45) is 5.73 Å². The maximum Gasteiger partial charge on any atom is 0.407 e. The molecule has 1 atom stereocenters. The molecule has 0 aromatic carbocycles. The number of aromatic nitrogens is 2. The lowest BCUT2D eigenvalue weighted by Crippen LogP contribution is -2.36. The predicted molar refractivity (Wildman–Crippen MR) is 70.7 cm³/mol. The maximum absolute atomic E-state index is 11.1. The third-order valence-corrected chi connectivity index (χ3v) is 3.18. The third kappa shape index (κ3) is 3.67. The number of carbonyl (C=O) groups is 1. The highest BCUT2D eigenvalue weighted by Gasteiger charge is 2.27. The fraction of sp³-hybridized carbons (Fsp3) is 0.750. The first-order valence-corrected chi connectivity index (χ1v) is 6.57. The van der Waals surface area contributed by atoms with E-state index >= 15 is 0 Å². The lowest BCUT2D eigenvalue weighted by molar-refractivity contribution is 0.166. The monoisotopic (exact) mass is 283 g/mol. The summed E-state index contributed by atoms with van der Waals surface area (Å²) in [5.74, 6) is 1.04. The van der Waals surface area contributed by atoms with E-state index in [0.29, 0.717) is 18.3 Å². The van der Waals surface area contributed by atoms with Crippen LogP contribution in [0.4, 0.5) is 4.79 Å². The van der Waals surface area contributed by atoms with Gasteiger partial charge in [-0.25, -0.2) is 4.79 Å². The van der Waals surface area contributed by atoms with Crippen LogP contribution in [0.2, 0.25) is 0 Å². The lowest BCUT2D eigenvalue weighted by atomic mass is 10.1. The highest BCUT2D eigenvalue weighted by Crippen LogP contribution is 2.16. The van der Waals surface area contributed by atoms with Gasteiger partial charge in [-0.2, -0.15) is 4.98 Å². The summed E-state index contributed by atoms with van der Waals surface area (Å²) in [5, 5.41) is 6.67. The van der Waals surface area contributed by atoms with Crippen molar-refractivity contribution in [1.82, 2.24) is 20.4 Å². The van der Waals surface area contributed by atoms with E-state index < -0.39 is 11.6 Å². The molecule has 1 aliphatic heterocycles. The van der Waals surface area contributed by atoms with Gasteiger partial charge in [-0.3, -0.25) is 4.90 Å². The number of hydrogen-bond donors (Lipinski definition) is 2. The van der Waals surface area contributed by atoms with Gasteiger partial charge in [-0.1, -0.05) is 5.16 Å². The topological polar surface area (TPSA) is 107 Å². The van der Waals surface area contributed by atoms with Crippen molar-refractivity contribution < 1.29 is 14.1 Å². The third-order valence-electron chi connectivity index (χ3n) is 3.18. The van der Waals surface area contributed by atoms with E-state index in [2.05, 4.69) is 25.1 Å². The van der Waals surface area contributed by atoms with Crippen molar-refractivity contribution in [3.05, 3.63) is 11.7 Å². The summed E-state index contributed by atoms with van der Waals surface area (Å²) in [4.78, 5) is 17.6. The Morgan fingerprint density at radius 2 is 2.40 bits per heavy atom. The summed E-state index contributed by atoms with van der Waals surface area (Å²) >= 11 is 0. The molecule has 0 bridgehead atoms. The second kappa shape index (κ2) is 5.76. The van der Waals surface area contributed by atoms with Gasteiger partial charge >= 0.3 is 6.09 Å². The largest absolute Gasteiger partial charge is 0.453 e. The Bertz CT molecular complexity index is 468. The van der Waals surface area contributed by atoms with Crippen LogP contribution in [-0.4, -0.2) is 47.4 Å². The number of amides is 1. The van der Waals surface area contributed by atoms with E-state index in [1.165, 1.54) is 7.11 Å². The summed E-state index contributed by atoms with van der Waals surface area (Å²) < 4.78 is 9.78. The van der Waals surface area contributed by atoms with Crippen LogP contribution in [-0.2, 0) is 16.8 Å². The summed E-state index contributed by atoms with van der Waals surface area (Å²) in [5.41, 5.74) is 5.30. The highest BCUT2D eigenvalue weighted by molar-refractivity contribution is 5.67. The zero-order valence-electron chi connectivity index (χ0n) is 12.0. The molecule has 1 saturated heterocycles. The minimum atomic E-state index is -0.609. The van der Waals surface area contributed by atoms with Crippen molar-refractivity contribution in [2.45, 2.75) is 38.4 Å². The maximum atomic E-state index is 11.1. The van der Waals surface area contributed by atoms with Crippen molar-refractivity contribution in [3.8, 4) is 0 Å². The summed E-state index contributed by atoms with van der Waals surface area (Å²) in [7, 11) is 1.36. The van der Waals surface area contributed by atoms with Crippen LogP contribution in [0.3, 0.4) is 0 Å². The Hall–Kier alpha value is -1.67. The Morgan fingerprint density at radius 3 is 3.00 bits per heavy atom. The Balaban J connectivity index is 1.86. The zero-order chi connectivity index (χ0) is 14.8. The Kier molecular flexibility index (Phi) is 4.24. The molecule has 1 aliphatic rings. The molecule has 3 N–H and O–H groups in total. The number of nitrogens with two attached hydrogens (primary N) is 1. The van der Waals surface area contributed by atoms with Gasteiger partial charge in [0, 0.05) is 19.1 Å². The van der Waals surface area contributed by atoms with E-state index in [1.54, 1.807) is 0 Å². The number of rotatable bonds is 4. The molecule has 0 spiro atoms. The van der Waals surface area contributed by atoms with E-state index in [0.717, 1.165) is 19.5 Å². The molecule has 1 fully saturated rings. The standard InChI is InChI=1S/C12H21N5O3/c1-12(2,13)10-15-9(20-16-10)7-17-5-4-8(6-17)14-11(18)19-3/h8H,4-7,13H2,1-3H3,(H,14,18). The van der Waals surface area contributed by atoms with Crippen molar-refractivity contribution in [1.29, 1.82) is 0 Å². The van der Waals surface area contributed by atoms with Crippen LogP contribution < -0.4 is 11.1 Å². The minimum absolute atomic E-state index is 0.0933. The normalized spacial score (nSPS) is 20.1. The molecule has 0 aliphatic carbocycles. The number of nitrogens with zero attached hydrogens (tertiary/aromatic N) is 3. The molecule has 8 nitrogen and oxygen atoms in total. The molecule has 1 unspecified atom stereocenters. The number of ether oxygens (including phenoxy) is 1. The molecule has 1 amide bonds. The molecular formula is C12H21N5O3. The van der Waals surface area contributed by atoms with Gasteiger partial charge in [-0.05, 0) is 20.3 Å². The molecule has 0 saturated carbocycles.